The number of sulfonamides is 1. The van der Waals surface area contributed by atoms with Crippen LogP contribution in [0.5, 0.6) is 0 Å². The minimum absolute atomic E-state index is 0.0260. The molecule has 8 heteroatoms. The first-order valence-corrected chi connectivity index (χ1v) is 8.38. The summed E-state index contributed by atoms with van der Waals surface area (Å²) in [5, 5.41) is 2.73. The highest BCUT2D eigenvalue weighted by molar-refractivity contribution is 7.91. The summed E-state index contributed by atoms with van der Waals surface area (Å²) in [6.45, 7) is 0. The molecule has 1 N–H and O–H groups in total. The monoisotopic (exact) mass is 292 g/mol. The Bertz CT molecular complexity index is 648. The fourth-order valence-electron chi connectivity index (χ4n) is 1.35. The Morgan fingerprint density at radius 3 is 2.06 bits per heavy atom. The van der Waals surface area contributed by atoms with Crippen molar-refractivity contribution in [2.45, 2.75) is 9.79 Å². The summed E-state index contributed by atoms with van der Waals surface area (Å²) in [6.07, 6.45) is 1.04. The van der Waals surface area contributed by atoms with Crippen LogP contribution in [0.1, 0.15) is 0 Å². The van der Waals surface area contributed by atoms with Crippen molar-refractivity contribution < 1.29 is 16.8 Å². The summed E-state index contributed by atoms with van der Waals surface area (Å²) < 4.78 is 48.1. The van der Waals surface area contributed by atoms with Crippen molar-refractivity contribution in [2.24, 2.45) is 0 Å². The number of nitrogens with one attached hydrogen (secondary N) is 1. The van der Waals surface area contributed by atoms with E-state index in [-0.39, 0.29) is 9.79 Å². The van der Waals surface area contributed by atoms with Gasteiger partial charge in [0.1, 0.15) is 4.90 Å². The van der Waals surface area contributed by atoms with E-state index in [1.807, 2.05) is 0 Å². The van der Waals surface area contributed by atoms with Crippen molar-refractivity contribution in [3.05, 3.63) is 18.2 Å². The van der Waals surface area contributed by atoms with E-state index in [1.165, 1.54) is 26.2 Å². The highest BCUT2D eigenvalue weighted by Crippen LogP contribution is 2.26. The van der Waals surface area contributed by atoms with Crippen LogP contribution in [0.3, 0.4) is 0 Å². The van der Waals surface area contributed by atoms with E-state index >= 15 is 0 Å². The van der Waals surface area contributed by atoms with Gasteiger partial charge in [0.25, 0.3) is 0 Å². The molecule has 0 unspecified atom stereocenters. The van der Waals surface area contributed by atoms with E-state index in [0.29, 0.717) is 5.69 Å². The molecule has 0 aliphatic carbocycles. The Balaban J connectivity index is 3.61. The van der Waals surface area contributed by atoms with E-state index in [0.717, 1.165) is 16.6 Å². The van der Waals surface area contributed by atoms with E-state index in [1.54, 1.807) is 7.05 Å². The maximum absolute atomic E-state index is 12.1. The predicted molar refractivity (Wildman–Crippen MR) is 70.0 cm³/mol. The lowest BCUT2D eigenvalue weighted by Crippen LogP contribution is -2.23. The molecule has 1 aromatic carbocycles. The predicted octanol–water partition coefficient (Wildman–Crippen LogP) is 0.382. The molecule has 0 aromatic heterocycles. The molecule has 102 valence electrons. The zero-order chi connectivity index (χ0) is 14.1. The average Bonchev–Trinajstić information content (AvgIpc) is 2.26. The lowest BCUT2D eigenvalue weighted by molar-refractivity contribution is 0.521. The van der Waals surface area contributed by atoms with Gasteiger partial charge in [0, 0.05) is 27.4 Å². The van der Waals surface area contributed by atoms with Crippen LogP contribution in [0.4, 0.5) is 5.69 Å². The average molecular weight is 292 g/mol. The molecule has 0 saturated heterocycles. The third-order valence-electron chi connectivity index (χ3n) is 2.41. The van der Waals surface area contributed by atoms with Crippen LogP contribution in [0.2, 0.25) is 0 Å². The number of hydrogen-bond acceptors (Lipinski definition) is 5. The Morgan fingerprint density at radius 2 is 1.67 bits per heavy atom. The van der Waals surface area contributed by atoms with Gasteiger partial charge in [-0.3, -0.25) is 0 Å². The van der Waals surface area contributed by atoms with Crippen molar-refractivity contribution in [3.63, 3.8) is 0 Å². The summed E-state index contributed by atoms with van der Waals surface area (Å²) in [4.78, 5) is -0.0835. The zero-order valence-electron chi connectivity index (χ0n) is 10.6. The highest BCUT2D eigenvalue weighted by atomic mass is 32.2. The van der Waals surface area contributed by atoms with E-state index in [4.69, 9.17) is 0 Å². The molecular formula is C10H16N2O4S2. The van der Waals surface area contributed by atoms with Gasteiger partial charge in [-0.1, -0.05) is 0 Å². The fraction of sp³-hybridized carbons (Fsp3) is 0.400. The molecule has 0 heterocycles. The molecule has 0 radical (unpaired) electrons. The third kappa shape index (κ3) is 2.82. The number of anilines is 1. The smallest absolute Gasteiger partial charge is 0.244 e. The third-order valence-corrected chi connectivity index (χ3v) is 5.37. The molecule has 18 heavy (non-hydrogen) atoms. The first-order chi connectivity index (χ1) is 8.10. The fourth-order valence-corrected chi connectivity index (χ4v) is 3.19. The number of sulfone groups is 1. The van der Waals surface area contributed by atoms with Crippen LogP contribution in [-0.4, -0.2) is 48.5 Å². The molecule has 0 aliphatic rings. The summed E-state index contributed by atoms with van der Waals surface area (Å²) in [5.41, 5.74) is 0.358. The molecule has 0 amide bonds. The second-order valence-corrected chi connectivity index (χ2v) is 8.10. The van der Waals surface area contributed by atoms with Crippen LogP contribution in [0.15, 0.2) is 28.0 Å². The maximum atomic E-state index is 12.1. The standard InChI is InChI=1S/C10H16N2O4S2/c1-11-9-6-5-8(17(4,13)14)7-10(9)18(15,16)12(2)3/h5-7,11H,1-4H3. The van der Waals surface area contributed by atoms with Crippen LogP contribution < -0.4 is 5.32 Å². The highest BCUT2D eigenvalue weighted by Gasteiger charge is 2.23. The van der Waals surface area contributed by atoms with Crippen molar-refractivity contribution in [1.82, 2.24) is 4.31 Å². The van der Waals surface area contributed by atoms with Crippen molar-refractivity contribution in [3.8, 4) is 0 Å². The summed E-state index contributed by atoms with van der Waals surface area (Å²) in [6, 6.07) is 3.97. The van der Waals surface area contributed by atoms with Gasteiger partial charge in [-0.2, -0.15) is 0 Å². The normalized spacial score (nSPS) is 12.7. The van der Waals surface area contributed by atoms with Gasteiger partial charge in [-0.05, 0) is 18.2 Å². The molecule has 0 spiro atoms. The zero-order valence-corrected chi connectivity index (χ0v) is 12.3. The first-order valence-electron chi connectivity index (χ1n) is 5.05. The Hall–Kier alpha value is -1.12. The molecule has 0 fully saturated rings. The Morgan fingerprint density at radius 1 is 1.11 bits per heavy atom. The second-order valence-electron chi connectivity index (χ2n) is 3.97. The molecule has 1 aromatic rings. The molecular weight excluding hydrogens is 276 g/mol. The quantitative estimate of drug-likeness (QED) is 0.867. The maximum Gasteiger partial charge on any atom is 0.244 e. The lowest BCUT2D eigenvalue weighted by Gasteiger charge is -2.15. The summed E-state index contributed by atoms with van der Waals surface area (Å²) in [7, 11) is -2.79. The first kappa shape index (κ1) is 14.9. The summed E-state index contributed by atoms with van der Waals surface area (Å²) >= 11 is 0. The van der Waals surface area contributed by atoms with Crippen molar-refractivity contribution in [2.75, 3.05) is 32.7 Å². The number of hydrogen-bond donors (Lipinski definition) is 1. The van der Waals surface area contributed by atoms with Crippen LogP contribution in [-0.2, 0) is 19.9 Å². The van der Waals surface area contributed by atoms with Crippen LogP contribution in [0, 0.1) is 0 Å². The second kappa shape index (κ2) is 4.87. The summed E-state index contributed by atoms with van der Waals surface area (Å²) in [5.74, 6) is 0. The van der Waals surface area contributed by atoms with Gasteiger partial charge in [-0.15, -0.1) is 0 Å². The lowest BCUT2D eigenvalue weighted by atomic mass is 10.3. The van der Waals surface area contributed by atoms with E-state index < -0.39 is 19.9 Å². The molecule has 0 bridgehead atoms. The van der Waals surface area contributed by atoms with Crippen LogP contribution >= 0.6 is 0 Å². The SMILES string of the molecule is CNc1ccc(S(C)(=O)=O)cc1S(=O)(=O)N(C)C. The molecule has 0 aliphatic heterocycles. The van der Waals surface area contributed by atoms with Gasteiger partial charge >= 0.3 is 0 Å². The van der Waals surface area contributed by atoms with Crippen molar-refractivity contribution in [1.29, 1.82) is 0 Å². The Labute approximate surface area is 108 Å². The van der Waals surface area contributed by atoms with E-state index in [9.17, 15) is 16.8 Å². The van der Waals surface area contributed by atoms with Gasteiger partial charge in [0.15, 0.2) is 9.84 Å². The molecule has 6 nitrogen and oxygen atoms in total. The number of rotatable bonds is 4. The topological polar surface area (TPSA) is 83.5 Å². The van der Waals surface area contributed by atoms with Gasteiger partial charge in [-0.25, -0.2) is 21.1 Å². The van der Waals surface area contributed by atoms with E-state index in [2.05, 4.69) is 5.32 Å². The largest absolute Gasteiger partial charge is 0.387 e. The number of benzene rings is 1. The van der Waals surface area contributed by atoms with Crippen LogP contribution in [0.25, 0.3) is 0 Å². The van der Waals surface area contributed by atoms with Gasteiger partial charge in [0.05, 0.1) is 10.6 Å². The molecule has 0 atom stereocenters. The molecule has 0 saturated carbocycles. The molecule has 1 rings (SSSR count). The Kier molecular flexibility index (Phi) is 4.04. The number of nitrogens with zero attached hydrogens (tertiary/aromatic N) is 1. The van der Waals surface area contributed by atoms with Gasteiger partial charge in [0.2, 0.25) is 10.0 Å². The minimum atomic E-state index is -3.70. The van der Waals surface area contributed by atoms with Gasteiger partial charge < -0.3 is 5.32 Å². The minimum Gasteiger partial charge on any atom is -0.387 e. The van der Waals surface area contributed by atoms with Crippen molar-refractivity contribution >= 4 is 25.5 Å².